The minimum absolute atomic E-state index is 0.127. The molecule has 1 aliphatic heterocycles. The Hall–Kier alpha value is -2.13. The zero-order valence-electron chi connectivity index (χ0n) is 12.8. The standard InChI is InChI=1S/C16H14F3NO4S/c17-16(18,19)13-9-20(8-12(13)15(21)22)25(23,24)14-7-3-5-10-4-1-2-6-11(10)14/h1-7,12-13H,8-9H2,(H,21,22)/t12-,13-/m1/s1. The first kappa shape index (κ1) is 17.7. The fourth-order valence-corrected chi connectivity index (χ4v) is 4.81. The van der Waals surface area contributed by atoms with Gasteiger partial charge in [-0.05, 0) is 11.5 Å². The van der Waals surface area contributed by atoms with E-state index in [2.05, 4.69) is 0 Å². The van der Waals surface area contributed by atoms with Crippen LogP contribution in [-0.2, 0) is 14.8 Å². The van der Waals surface area contributed by atoms with E-state index in [0.29, 0.717) is 15.1 Å². The molecule has 1 aliphatic rings. The summed E-state index contributed by atoms with van der Waals surface area (Å²) in [6, 6.07) is 11.1. The van der Waals surface area contributed by atoms with Crippen molar-refractivity contribution in [1.82, 2.24) is 4.31 Å². The van der Waals surface area contributed by atoms with E-state index in [1.54, 1.807) is 30.3 Å². The Morgan fingerprint density at radius 3 is 2.32 bits per heavy atom. The van der Waals surface area contributed by atoms with Crippen molar-refractivity contribution in [2.24, 2.45) is 11.8 Å². The molecule has 0 unspecified atom stereocenters. The largest absolute Gasteiger partial charge is 0.481 e. The van der Waals surface area contributed by atoms with E-state index >= 15 is 0 Å². The lowest BCUT2D eigenvalue weighted by atomic mass is 9.96. The van der Waals surface area contributed by atoms with E-state index in [1.807, 2.05) is 0 Å². The average molecular weight is 373 g/mol. The van der Waals surface area contributed by atoms with Crippen molar-refractivity contribution in [2.75, 3.05) is 13.1 Å². The van der Waals surface area contributed by atoms with Crippen LogP contribution in [0.3, 0.4) is 0 Å². The minimum Gasteiger partial charge on any atom is -0.481 e. The summed E-state index contributed by atoms with van der Waals surface area (Å²) in [6.45, 7) is -1.60. The second kappa shape index (κ2) is 5.99. The first-order valence-electron chi connectivity index (χ1n) is 7.40. The van der Waals surface area contributed by atoms with Gasteiger partial charge in [-0.25, -0.2) is 8.42 Å². The molecular weight excluding hydrogens is 359 g/mol. The first-order valence-corrected chi connectivity index (χ1v) is 8.84. The van der Waals surface area contributed by atoms with E-state index in [0.717, 1.165) is 0 Å². The number of halogens is 3. The third kappa shape index (κ3) is 3.09. The number of benzene rings is 2. The third-order valence-corrected chi connectivity index (χ3v) is 6.28. The van der Waals surface area contributed by atoms with E-state index in [-0.39, 0.29) is 4.90 Å². The molecule has 134 valence electrons. The third-order valence-electron chi connectivity index (χ3n) is 4.39. The van der Waals surface area contributed by atoms with Crippen LogP contribution in [0.15, 0.2) is 47.4 Å². The van der Waals surface area contributed by atoms with Crippen LogP contribution in [0, 0.1) is 11.8 Å². The number of nitrogens with zero attached hydrogens (tertiary/aromatic N) is 1. The van der Waals surface area contributed by atoms with Gasteiger partial charge in [0.25, 0.3) is 0 Å². The van der Waals surface area contributed by atoms with Crippen molar-refractivity contribution in [2.45, 2.75) is 11.1 Å². The number of aliphatic carboxylic acids is 1. The molecule has 0 bridgehead atoms. The molecule has 1 saturated heterocycles. The van der Waals surface area contributed by atoms with Crippen molar-refractivity contribution < 1.29 is 31.5 Å². The van der Waals surface area contributed by atoms with Gasteiger partial charge in [0.1, 0.15) is 0 Å². The highest BCUT2D eigenvalue weighted by Crippen LogP contribution is 2.40. The highest BCUT2D eigenvalue weighted by molar-refractivity contribution is 7.89. The van der Waals surface area contributed by atoms with Crippen LogP contribution in [0.2, 0.25) is 0 Å². The number of rotatable bonds is 3. The summed E-state index contributed by atoms with van der Waals surface area (Å²) in [5.41, 5.74) is 0. The van der Waals surface area contributed by atoms with Crippen LogP contribution in [0.4, 0.5) is 13.2 Å². The smallest absolute Gasteiger partial charge is 0.393 e. The van der Waals surface area contributed by atoms with Gasteiger partial charge in [0, 0.05) is 18.5 Å². The van der Waals surface area contributed by atoms with E-state index < -0.39 is 47.1 Å². The lowest BCUT2D eigenvalue weighted by Crippen LogP contribution is -2.34. The van der Waals surface area contributed by atoms with Crippen molar-refractivity contribution in [3.05, 3.63) is 42.5 Å². The number of hydrogen-bond donors (Lipinski definition) is 1. The van der Waals surface area contributed by atoms with Crippen molar-refractivity contribution in [3.8, 4) is 0 Å². The Balaban J connectivity index is 2.05. The molecule has 2 atom stereocenters. The Labute approximate surface area is 141 Å². The topological polar surface area (TPSA) is 74.7 Å². The molecule has 3 rings (SSSR count). The highest BCUT2D eigenvalue weighted by Gasteiger charge is 2.55. The molecule has 1 heterocycles. The Morgan fingerprint density at radius 1 is 1.08 bits per heavy atom. The van der Waals surface area contributed by atoms with Crippen LogP contribution >= 0.6 is 0 Å². The molecule has 0 spiro atoms. The summed E-state index contributed by atoms with van der Waals surface area (Å²) in [5, 5.41) is 10.1. The lowest BCUT2D eigenvalue weighted by molar-refractivity contribution is -0.187. The maximum Gasteiger partial charge on any atom is 0.393 e. The SMILES string of the molecule is O=C(O)[C@@H]1CN(S(=O)(=O)c2cccc3ccccc23)C[C@H]1C(F)(F)F. The molecule has 0 aromatic heterocycles. The number of fused-ring (bicyclic) bond motifs is 1. The van der Waals surface area contributed by atoms with Gasteiger partial charge < -0.3 is 5.11 Å². The van der Waals surface area contributed by atoms with E-state index in [4.69, 9.17) is 5.11 Å². The van der Waals surface area contributed by atoms with Crippen LogP contribution in [0.5, 0.6) is 0 Å². The molecule has 5 nitrogen and oxygen atoms in total. The number of carboxylic acid groups (broad SMARTS) is 1. The van der Waals surface area contributed by atoms with Crippen molar-refractivity contribution in [1.29, 1.82) is 0 Å². The first-order chi connectivity index (χ1) is 11.6. The summed E-state index contributed by atoms with van der Waals surface area (Å²) in [6.07, 6.45) is -4.79. The number of carbonyl (C=O) groups is 1. The van der Waals surface area contributed by atoms with Gasteiger partial charge in [0.05, 0.1) is 16.7 Å². The number of alkyl halides is 3. The molecule has 0 aliphatic carbocycles. The van der Waals surface area contributed by atoms with Crippen molar-refractivity contribution in [3.63, 3.8) is 0 Å². The highest BCUT2D eigenvalue weighted by atomic mass is 32.2. The predicted octanol–water partition coefficient (Wildman–Crippen LogP) is 2.72. The molecule has 25 heavy (non-hydrogen) atoms. The second-order valence-corrected chi connectivity index (χ2v) is 7.80. The maximum absolute atomic E-state index is 13.1. The van der Waals surface area contributed by atoms with Gasteiger partial charge in [-0.2, -0.15) is 17.5 Å². The Kier molecular flexibility index (Phi) is 4.24. The fraction of sp³-hybridized carbons (Fsp3) is 0.312. The van der Waals surface area contributed by atoms with Crippen LogP contribution in [0.25, 0.3) is 10.8 Å². The summed E-state index contributed by atoms with van der Waals surface area (Å²) in [4.78, 5) is 11.0. The average Bonchev–Trinajstić information content (AvgIpc) is 3.01. The van der Waals surface area contributed by atoms with Gasteiger partial charge >= 0.3 is 12.1 Å². The molecule has 0 saturated carbocycles. The zero-order valence-corrected chi connectivity index (χ0v) is 13.6. The Bertz CT molecular complexity index is 921. The number of sulfonamides is 1. The zero-order chi connectivity index (χ0) is 18.4. The van der Waals surface area contributed by atoms with Crippen LogP contribution in [0.1, 0.15) is 0 Å². The minimum atomic E-state index is -4.79. The predicted molar refractivity (Wildman–Crippen MR) is 83.4 cm³/mol. The molecule has 2 aromatic rings. The van der Waals surface area contributed by atoms with Gasteiger partial charge in [-0.3, -0.25) is 4.79 Å². The van der Waals surface area contributed by atoms with Crippen LogP contribution in [-0.4, -0.2) is 43.1 Å². The van der Waals surface area contributed by atoms with Crippen LogP contribution < -0.4 is 0 Å². The molecule has 0 amide bonds. The quantitative estimate of drug-likeness (QED) is 0.898. The van der Waals surface area contributed by atoms with E-state index in [9.17, 15) is 26.4 Å². The summed E-state index contributed by atoms with van der Waals surface area (Å²) < 4.78 is 65.6. The normalized spacial score (nSPS) is 22.4. The fourth-order valence-electron chi connectivity index (χ4n) is 3.11. The van der Waals surface area contributed by atoms with Gasteiger partial charge in [0.15, 0.2) is 0 Å². The van der Waals surface area contributed by atoms with Crippen molar-refractivity contribution >= 4 is 26.8 Å². The van der Waals surface area contributed by atoms with Gasteiger partial charge in [0.2, 0.25) is 10.0 Å². The number of hydrogen-bond acceptors (Lipinski definition) is 3. The monoisotopic (exact) mass is 373 g/mol. The maximum atomic E-state index is 13.1. The number of carboxylic acids is 1. The molecule has 9 heteroatoms. The Morgan fingerprint density at radius 2 is 1.72 bits per heavy atom. The summed E-state index contributed by atoms with van der Waals surface area (Å²) in [7, 11) is -4.25. The molecule has 1 fully saturated rings. The lowest BCUT2D eigenvalue weighted by Gasteiger charge is -2.19. The van der Waals surface area contributed by atoms with Gasteiger partial charge in [-0.15, -0.1) is 0 Å². The molecular formula is C16H14F3NO4S. The van der Waals surface area contributed by atoms with Gasteiger partial charge in [-0.1, -0.05) is 36.4 Å². The van der Waals surface area contributed by atoms with E-state index in [1.165, 1.54) is 12.1 Å². The summed E-state index contributed by atoms with van der Waals surface area (Å²) >= 11 is 0. The molecule has 2 aromatic carbocycles. The molecule has 0 radical (unpaired) electrons. The molecule has 1 N–H and O–H groups in total. The summed E-state index contributed by atoms with van der Waals surface area (Å²) in [5.74, 6) is -5.70. The second-order valence-electron chi connectivity index (χ2n) is 5.89.